The second kappa shape index (κ2) is 6.97. The number of aromatic nitrogens is 1. The Hall–Kier alpha value is -0.470. The zero-order valence-corrected chi connectivity index (χ0v) is 11.3. The lowest BCUT2D eigenvalue weighted by Crippen LogP contribution is -2.36. The molecule has 4 heteroatoms. The maximum Gasteiger partial charge on any atom is 0.0822 e. The number of rotatable bonds is 6. The molecule has 16 heavy (non-hydrogen) atoms. The van der Waals surface area contributed by atoms with Crippen molar-refractivity contribution in [3.05, 3.63) is 23.5 Å². The van der Waals surface area contributed by atoms with Crippen LogP contribution >= 0.6 is 23.2 Å². The molecule has 0 aliphatic carbocycles. The number of nitrogens with zero attached hydrogens (tertiary/aromatic N) is 2. The van der Waals surface area contributed by atoms with Crippen LogP contribution in [0.25, 0.3) is 0 Å². The summed E-state index contributed by atoms with van der Waals surface area (Å²) in [5, 5.41) is 0.694. The van der Waals surface area contributed by atoms with E-state index in [-0.39, 0.29) is 0 Å². The number of alkyl halides is 1. The van der Waals surface area contributed by atoms with E-state index in [0.29, 0.717) is 16.9 Å². The van der Waals surface area contributed by atoms with E-state index in [0.717, 1.165) is 25.1 Å². The molecule has 0 amide bonds. The highest BCUT2D eigenvalue weighted by Gasteiger charge is 2.17. The molecule has 90 valence electrons. The monoisotopic (exact) mass is 260 g/mol. The number of pyridine rings is 1. The van der Waals surface area contributed by atoms with Gasteiger partial charge in [0.25, 0.3) is 0 Å². The predicted octanol–water partition coefficient (Wildman–Crippen LogP) is 3.97. The highest BCUT2D eigenvalue weighted by atomic mass is 35.5. The third kappa shape index (κ3) is 3.26. The minimum Gasteiger partial charge on any atom is -0.366 e. The van der Waals surface area contributed by atoms with E-state index in [9.17, 15) is 0 Å². The summed E-state index contributed by atoms with van der Waals surface area (Å²) in [6.07, 6.45) is 5.63. The van der Waals surface area contributed by atoms with E-state index in [1.54, 1.807) is 12.4 Å². The third-order valence-corrected chi connectivity index (χ3v) is 3.23. The first-order chi connectivity index (χ1) is 7.74. The van der Waals surface area contributed by atoms with Gasteiger partial charge in [0.1, 0.15) is 0 Å². The van der Waals surface area contributed by atoms with Gasteiger partial charge in [-0.05, 0) is 18.9 Å². The van der Waals surface area contributed by atoms with E-state index in [2.05, 4.69) is 23.7 Å². The molecule has 0 unspecified atom stereocenters. The summed E-state index contributed by atoms with van der Waals surface area (Å²) in [4.78, 5) is 6.28. The first kappa shape index (κ1) is 13.6. The summed E-state index contributed by atoms with van der Waals surface area (Å²) < 4.78 is 0. The molecule has 0 saturated carbocycles. The molecule has 0 spiro atoms. The maximum atomic E-state index is 6.17. The molecule has 0 aliphatic rings. The summed E-state index contributed by atoms with van der Waals surface area (Å²) in [7, 11) is 0. The Balaban J connectivity index is 2.97. The first-order valence-corrected chi connectivity index (χ1v) is 6.57. The Morgan fingerprint density at radius 1 is 1.38 bits per heavy atom. The minimum atomic E-state index is 0.485. The van der Waals surface area contributed by atoms with Crippen LogP contribution in [-0.2, 0) is 0 Å². The Bertz CT molecular complexity index is 314. The molecule has 0 fully saturated rings. The fourth-order valence-corrected chi connectivity index (χ4v) is 2.33. The number of halogens is 2. The van der Waals surface area contributed by atoms with Gasteiger partial charge in [0.05, 0.1) is 10.7 Å². The first-order valence-electron chi connectivity index (χ1n) is 5.66. The Labute approximate surface area is 108 Å². The predicted molar refractivity (Wildman–Crippen MR) is 71.7 cm³/mol. The van der Waals surface area contributed by atoms with Crippen molar-refractivity contribution in [1.29, 1.82) is 0 Å². The molecular weight excluding hydrogens is 243 g/mol. The average Bonchev–Trinajstić information content (AvgIpc) is 2.30. The molecule has 0 saturated heterocycles. The Kier molecular flexibility index (Phi) is 5.93. The minimum absolute atomic E-state index is 0.485. The van der Waals surface area contributed by atoms with E-state index < -0.39 is 0 Å². The lowest BCUT2D eigenvalue weighted by atomic mass is 10.1. The van der Waals surface area contributed by atoms with Crippen molar-refractivity contribution in [2.45, 2.75) is 32.7 Å². The Morgan fingerprint density at radius 2 is 2.06 bits per heavy atom. The van der Waals surface area contributed by atoms with Crippen molar-refractivity contribution in [3.63, 3.8) is 0 Å². The summed E-state index contributed by atoms with van der Waals surface area (Å²) in [6.45, 7) is 5.19. The molecule has 1 aromatic heterocycles. The summed E-state index contributed by atoms with van der Waals surface area (Å²) in [6, 6.07) is 2.44. The lowest BCUT2D eigenvalue weighted by Gasteiger charge is -2.32. The van der Waals surface area contributed by atoms with Crippen molar-refractivity contribution in [2.24, 2.45) is 0 Å². The van der Waals surface area contributed by atoms with Gasteiger partial charge in [0, 0.05) is 30.9 Å². The van der Waals surface area contributed by atoms with Gasteiger partial charge in [0.2, 0.25) is 0 Å². The smallest absolute Gasteiger partial charge is 0.0822 e. The van der Waals surface area contributed by atoms with E-state index in [4.69, 9.17) is 23.2 Å². The summed E-state index contributed by atoms with van der Waals surface area (Å²) in [5.41, 5.74) is 1.03. The molecule has 0 N–H and O–H groups in total. The van der Waals surface area contributed by atoms with Gasteiger partial charge < -0.3 is 4.90 Å². The molecule has 0 atom stereocenters. The molecule has 0 aliphatic heterocycles. The van der Waals surface area contributed by atoms with Crippen LogP contribution in [0.4, 0.5) is 5.69 Å². The average molecular weight is 261 g/mol. The quantitative estimate of drug-likeness (QED) is 0.720. The molecule has 1 heterocycles. The van der Waals surface area contributed by atoms with E-state index in [1.165, 1.54) is 0 Å². The van der Waals surface area contributed by atoms with Crippen LogP contribution < -0.4 is 4.90 Å². The molecule has 0 radical (unpaired) electrons. The van der Waals surface area contributed by atoms with E-state index in [1.807, 2.05) is 6.07 Å². The normalized spacial score (nSPS) is 10.8. The van der Waals surface area contributed by atoms with Crippen molar-refractivity contribution in [2.75, 3.05) is 17.3 Å². The third-order valence-electron chi connectivity index (χ3n) is 2.77. The van der Waals surface area contributed by atoms with Crippen LogP contribution in [0.1, 0.15) is 26.7 Å². The molecule has 1 aromatic rings. The van der Waals surface area contributed by atoms with Crippen LogP contribution in [0.5, 0.6) is 0 Å². The SMILES string of the molecule is CCC(CC)N(CCCl)c1ccncc1Cl. The van der Waals surface area contributed by atoms with Gasteiger partial charge in [-0.2, -0.15) is 0 Å². The van der Waals surface area contributed by atoms with Gasteiger partial charge in [0.15, 0.2) is 0 Å². The molecule has 2 nitrogen and oxygen atoms in total. The topological polar surface area (TPSA) is 16.1 Å². The fourth-order valence-electron chi connectivity index (χ4n) is 1.92. The number of hydrogen-bond donors (Lipinski definition) is 0. The van der Waals surface area contributed by atoms with Crippen molar-refractivity contribution >= 4 is 28.9 Å². The standard InChI is InChI=1S/C12H18Cl2N2/c1-3-10(4-2)16(8-6-13)12-5-7-15-9-11(12)14/h5,7,9-10H,3-4,6,8H2,1-2H3. The second-order valence-electron chi connectivity index (χ2n) is 3.68. The second-order valence-corrected chi connectivity index (χ2v) is 4.46. The number of hydrogen-bond acceptors (Lipinski definition) is 2. The fraction of sp³-hybridized carbons (Fsp3) is 0.583. The molecule has 1 rings (SSSR count). The molecular formula is C12H18Cl2N2. The van der Waals surface area contributed by atoms with Crippen LogP contribution in [-0.4, -0.2) is 23.5 Å². The zero-order chi connectivity index (χ0) is 12.0. The van der Waals surface area contributed by atoms with Gasteiger partial charge in [-0.15, -0.1) is 11.6 Å². The Morgan fingerprint density at radius 3 is 2.56 bits per heavy atom. The van der Waals surface area contributed by atoms with Gasteiger partial charge in [-0.1, -0.05) is 25.4 Å². The molecule has 0 bridgehead atoms. The van der Waals surface area contributed by atoms with Gasteiger partial charge in [-0.25, -0.2) is 0 Å². The van der Waals surface area contributed by atoms with Crippen LogP contribution in [0.2, 0.25) is 5.02 Å². The van der Waals surface area contributed by atoms with Crippen LogP contribution in [0, 0.1) is 0 Å². The van der Waals surface area contributed by atoms with Crippen LogP contribution in [0.3, 0.4) is 0 Å². The van der Waals surface area contributed by atoms with Crippen LogP contribution in [0.15, 0.2) is 18.5 Å². The molecule has 0 aromatic carbocycles. The van der Waals surface area contributed by atoms with E-state index >= 15 is 0 Å². The van der Waals surface area contributed by atoms with Gasteiger partial charge >= 0.3 is 0 Å². The number of anilines is 1. The summed E-state index contributed by atoms with van der Waals surface area (Å²) in [5.74, 6) is 0.606. The zero-order valence-electron chi connectivity index (χ0n) is 9.79. The van der Waals surface area contributed by atoms with Crippen molar-refractivity contribution in [3.8, 4) is 0 Å². The maximum absolute atomic E-state index is 6.17. The highest BCUT2D eigenvalue weighted by molar-refractivity contribution is 6.33. The van der Waals surface area contributed by atoms with Crippen molar-refractivity contribution in [1.82, 2.24) is 4.98 Å². The largest absolute Gasteiger partial charge is 0.366 e. The summed E-state index contributed by atoms with van der Waals surface area (Å²) >= 11 is 12.0. The van der Waals surface area contributed by atoms with Gasteiger partial charge in [-0.3, -0.25) is 4.98 Å². The van der Waals surface area contributed by atoms with Crippen molar-refractivity contribution < 1.29 is 0 Å². The highest BCUT2D eigenvalue weighted by Crippen LogP contribution is 2.27. The lowest BCUT2D eigenvalue weighted by molar-refractivity contribution is 0.567.